The van der Waals surface area contributed by atoms with Gasteiger partial charge in [0.1, 0.15) is 5.75 Å². The van der Waals surface area contributed by atoms with Crippen LogP contribution in [0.25, 0.3) is 0 Å². The third-order valence-electron chi connectivity index (χ3n) is 4.26. The van der Waals surface area contributed by atoms with Crippen LogP contribution in [0.2, 0.25) is 0 Å². The van der Waals surface area contributed by atoms with E-state index in [0.29, 0.717) is 6.04 Å². The summed E-state index contributed by atoms with van der Waals surface area (Å²) in [5.41, 5.74) is 0.877. The summed E-state index contributed by atoms with van der Waals surface area (Å²) in [6.45, 7) is 6.53. The van der Waals surface area contributed by atoms with Crippen molar-refractivity contribution in [1.82, 2.24) is 10.2 Å². The van der Waals surface area contributed by atoms with Gasteiger partial charge in [-0.2, -0.15) is 0 Å². The van der Waals surface area contributed by atoms with Gasteiger partial charge in [0.15, 0.2) is 10.8 Å². The van der Waals surface area contributed by atoms with E-state index in [1.807, 2.05) is 12.1 Å². The first-order valence-electron chi connectivity index (χ1n) is 6.93. The zero-order valence-corrected chi connectivity index (χ0v) is 12.5. The Morgan fingerprint density at radius 2 is 2.26 bits per heavy atom. The topological polar surface area (TPSA) is 24.5 Å². The van der Waals surface area contributed by atoms with Crippen molar-refractivity contribution in [3.63, 3.8) is 0 Å². The molecular formula is C15H20N2OS. The summed E-state index contributed by atoms with van der Waals surface area (Å²) in [5, 5.41) is 4.28. The lowest BCUT2D eigenvalue weighted by Gasteiger charge is -2.54. The van der Waals surface area contributed by atoms with E-state index in [4.69, 9.17) is 17.0 Å². The predicted octanol–water partition coefficient (Wildman–Crippen LogP) is 3.22. The molecule has 0 radical (unpaired) electrons. The van der Waals surface area contributed by atoms with E-state index in [1.165, 1.54) is 5.56 Å². The van der Waals surface area contributed by atoms with Gasteiger partial charge in [-0.05, 0) is 38.6 Å². The lowest BCUT2D eigenvalue weighted by Crippen LogP contribution is -2.66. The van der Waals surface area contributed by atoms with E-state index in [1.54, 1.807) is 0 Å². The first-order valence-corrected chi connectivity index (χ1v) is 7.34. The van der Waals surface area contributed by atoms with Crippen molar-refractivity contribution in [3.8, 4) is 5.75 Å². The lowest BCUT2D eigenvalue weighted by atomic mass is 9.89. The minimum absolute atomic E-state index is 0.266. The van der Waals surface area contributed by atoms with Crippen molar-refractivity contribution in [1.29, 1.82) is 0 Å². The Morgan fingerprint density at radius 3 is 3.00 bits per heavy atom. The monoisotopic (exact) mass is 276 g/mol. The Bertz CT molecular complexity index is 519. The Kier molecular flexibility index (Phi) is 2.93. The molecule has 1 saturated heterocycles. The number of rotatable bonds is 2. The molecule has 3 unspecified atom stereocenters. The smallest absolute Gasteiger partial charge is 0.184 e. The van der Waals surface area contributed by atoms with Gasteiger partial charge in [-0.15, -0.1) is 0 Å². The SMILES string of the molecule is CCC(C)N1C(=S)NC2CC1(C)Oc1ccccc12. The summed E-state index contributed by atoms with van der Waals surface area (Å²) in [6, 6.07) is 8.88. The van der Waals surface area contributed by atoms with Crippen molar-refractivity contribution in [2.45, 2.75) is 51.4 Å². The standard InChI is InChI=1S/C15H20N2OS/c1-4-10(2)17-14(19)16-12-9-15(17,3)18-13-8-6-5-7-11(12)13/h5-8,10,12H,4,9H2,1-3H3,(H,16,19). The maximum atomic E-state index is 6.29. The highest BCUT2D eigenvalue weighted by atomic mass is 32.1. The molecule has 0 saturated carbocycles. The minimum Gasteiger partial charge on any atom is -0.468 e. The molecule has 1 N–H and O–H groups in total. The quantitative estimate of drug-likeness (QED) is 0.838. The third kappa shape index (κ3) is 1.89. The number of para-hydroxylation sites is 1. The number of ether oxygens (including phenoxy) is 1. The maximum Gasteiger partial charge on any atom is 0.184 e. The summed E-state index contributed by atoms with van der Waals surface area (Å²) in [4.78, 5) is 2.22. The molecule has 3 rings (SSSR count). The minimum atomic E-state index is -0.337. The first kappa shape index (κ1) is 12.7. The molecule has 0 amide bonds. The molecule has 4 heteroatoms. The molecule has 102 valence electrons. The Morgan fingerprint density at radius 1 is 1.53 bits per heavy atom. The fourth-order valence-corrected chi connectivity index (χ4v) is 3.70. The van der Waals surface area contributed by atoms with Crippen LogP contribution in [0, 0.1) is 0 Å². The Hall–Kier alpha value is -1.29. The summed E-state index contributed by atoms with van der Waals surface area (Å²) in [7, 11) is 0. The summed E-state index contributed by atoms with van der Waals surface area (Å²) < 4.78 is 6.29. The molecule has 3 nitrogen and oxygen atoms in total. The highest BCUT2D eigenvalue weighted by Gasteiger charge is 2.48. The van der Waals surface area contributed by atoms with E-state index in [2.05, 4.69) is 43.1 Å². The number of nitrogens with zero attached hydrogens (tertiary/aromatic N) is 1. The molecule has 2 heterocycles. The zero-order chi connectivity index (χ0) is 13.6. The summed E-state index contributed by atoms with van der Waals surface area (Å²) in [6.07, 6.45) is 1.97. The zero-order valence-electron chi connectivity index (χ0n) is 11.6. The fraction of sp³-hybridized carbons (Fsp3) is 0.533. The molecule has 1 aromatic rings. The molecule has 19 heavy (non-hydrogen) atoms. The van der Waals surface area contributed by atoms with Crippen molar-refractivity contribution in [3.05, 3.63) is 29.8 Å². The number of thiocarbonyl (C=S) groups is 1. The third-order valence-corrected chi connectivity index (χ3v) is 4.58. The van der Waals surface area contributed by atoms with Crippen molar-refractivity contribution in [2.75, 3.05) is 0 Å². The van der Waals surface area contributed by atoms with Crippen molar-refractivity contribution in [2.24, 2.45) is 0 Å². The molecule has 0 aromatic heterocycles. The summed E-state index contributed by atoms with van der Waals surface area (Å²) >= 11 is 5.56. The van der Waals surface area contributed by atoms with Gasteiger partial charge in [-0.3, -0.25) is 0 Å². The van der Waals surface area contributed by atoms with Gasteiger partial charge in [0.2, 0.25) is 0 Å². The lowest BCUT2D eigenvalue weighted by molar-refractivity contribution is -0.0840. The van der Waals surface area contributed by atoms with Gasteiger partial charge in [-0.25, -0.2) is 0 Å². The van der Waals surface area contributed by atoms with E-state index in [9.17, 15) is 0 Å². The predicted molar refractivity (Wildman–Crippen MR) is 80.2 cm³/mol. The molecule has 1 aromatic carbocycles. The van der Waals surface area contributed by atoms with E-state index < -0.39 is 0 Å². The van der Waals surface area contributed by atoms with Gasteiger partial charge < -0.3 is 15.0 Å². The van der Waals surface area contributed by atoms with Crippen LogP contribution in [-0.4, -0.2) is 21.8 Å². The van der Waals surface area contributed by atoms with Crippen LogP contribution in [0.15, 0.2) is 24.3 Å². The van der Waals surface area contributed by atoms with Gasteiger partial charge in [-0.1, -0.05) is 25.1 Å². The normalized spacial score (nSPS) is 30.2. The highest BCUT2D eigenvalue weighted by molar-refractivity contribution is 7.80. The second kappa shape index (κ2) is 4.37. The largest absolute Gasteiger partial charge is 0.468 e. The van der Waals surface area contributed by atoms with Gasteiger partial charge in [0, 0.05) is 18.0 Å². The van der Waals surface area contributed by atoms with Crippen LogP contribution >= 0.6 is 12.2 Å². The van der Waals surface area contributed by atoms with E-state index in [-0.39, 0.29) is 11.8 Å². The fourth-order valence-electron chi connectivity index (χ4n) is 3.19. The molecule has 0 spiro atoms. The van der Waals surface area contributed by atoms with E-state index in [0.717, 1.165) is 23.7 Å². The number of benzene rings is 1. The molecule has 0 aliphatic carbocycles. The average molecular weight is 276 g/mol. The van der Waals surface area contributed by atoms with E-state index >= 15 is 0 Å². The molecule has 2 aliphatic heterocycles. The molecule has 3 atom stereocenters. The Labute approximate surface area is 119 Å². The van der Waals surface area contributed by atoms with Gasteiger partial charge >= 0.3 is 0 Å². The van der Waals surface area contributed by atoms with Gasteiger partial charge in [0.25, 0.3) is 0 Å². The van der Waals surface area contributed by atoms with Crippen LogP contribution in [0.1, 0.15) is 45.2 Å². The second-order valence-electron chi connectivity index (χ2n) is 5.65. The van der Waals surface area contributed by atoms with Crippen molar-refractivity contribution >= 4 is 17.3 Å². The van der Waals surface area contributed by atoms with Crippen LogP contribution < -0.4 is 10.1 Å². The Balaban J connectivity index is 2.03. The molecule has 2 aliphatic rings. The summed E-state index contributed by atoms with van der Waals surface area (Å²) in [5.74, 6) is 0.976. The maximum absolute atomic E-state index is 6.29. The number of nitrogens with one attached hydrogen (secondary N) is 1. The number of hydrogen-bond acceptors (Lipinski definition) is 2. The van der Waals surface area contributed by atoms with Crippen LogP contribution in [0.4, 0.5) is 0 Å². The van der Waals surface area contributed by atoms with Gasteiger partial charge in [0.05, 0.1) is 6.04 Å². The van der Waals surface area contributed by atoms with Crippen molar-refractivity contribution < 1.29 is 4.74 Å². The second-order valence-corrected chi connectivity index (χ2v) is 6.04. The molecule has 2 bridgehead atoms. The highest BCUT2D eigenvalue weighted by Crippen LogP contribution is 2.44. The first-order chi connectivity index (χ1) is 9.05. The van der Waals surface area contributed by atoms with Crippen LogP contribution in [0.3, 0.4) is 0 Å². The average Bonchev–Trinajstić information content (AvgIpc) is 2.37. The molecule has 1 fully saturated rings. The number of fused-ring (bicyclic) bond motifs is 4. The number of hydrogen-bond donors (Lipinski definition) is 1. The van der Waals surface area contributed by atoms with Crippen LogP contribution in [-0.2, 0) is 0 Å². The molecular weight excluding hydrogens is 256 g/mol. The van der Waals surface area contributed by atoms with Crippen LogP contribution in [0.5, 0.6) is 5.75 Å².